The van der Waals surface area contributed by atoms with E-state index in [0.29, 0.717) is 11.1 Å². The summed E-state index contributed by atoms with van der Waals surface area (Å²) in [7, 11) is 0. The van der Waals surface area contributed by atoms with Crippen molar-refractivity contribution in [3.8, 4) is 0 Å². The number of carbonyl (C=O) groups is 2. The summed E-state index contributed by atoms with van der Waals surface area (Å²) in [5, 5.41) is 0. The van der Waals surface area contributed by atoms with Crippen LogP contribution in [0.25, 0.3) is 0 Å². The average molecular weight is 330 g/mol. The van der Waals surface area contributed by atoms with Crippen LogP contribution in [-0.2, 0) is 20.4 Å². The summed E-state index contributed by atoms with van der Waals surface area (Å²) < 4.78 is 0. The van der Waals surface area contributed by atoms with Gasteiger partial charge in [0.15, 0.2) is 0 Å². The SMILES string of the molecule is O=C([CH-]C(=O)c1ccccc1)c1ccccc1.[Pd]. The normalized spacial score (nSPS) is 9.11. The molecule has 2 rings (SSSR count). The first kappa shape index (κ1) is 14.4. The Kier molecular flexibility index (Phi) is 5.51. The van der Waals surface area contributed by atoms with Gasteiger partial charge in [0.25, 0.3) is 0 Å². The third-order valence-corrected chi connectivity index (χ3v) is 2.38. The maximum absolute atomic E-state index is 11.8. The van der Waals surface area contributed by atoms with Gasteiger partial charge in [-0.2, -0.15) is 0 Å². The fourth-order valence-electron chi connectivity index (χ4n) is 1.49. The van der Waals surface area contributed by atoms with Crippen molar-refractivity contribution < 1.29 is 30.0 Å². The van der Waals surface area contributed by atoms with Gasteiger partial charge in [0.2, 0.25) is 0 Å². The van der Waals surface area contributed by atoms with Crippen LogP contribution in [0.1, 0.15) is 20.7 Å². The van der Waals surface area contributed by atoms with Gasteiger partial charge in [-0.3, -0.25) is 0 Å². The molecule has 94 valence electrons. The average Bonchev–Trinajstić information content (AvgIpc) is 2.40. The van der Waals surface area contributed by atoms with Crippen LogP contribution in [0.5, 0.6) is 0 Å². The first-order valence-corrected chi connectivity index (χ1v) is 5.31. The van der Waals surface area contributed by atoms with Crippen molar-refractivity contribution in [2.45, 2.75) is 0 Å². The molecule has 0 atom stereocenters. The minimum atomic E-state index is -0.264. The minimum Gasteiger partial charge on any atom is -0.318 e. The van der Waals surface area contributed by atoms with Crippen molar-refractivity contribution in [1.29, 1.82) is 0 Å². The molecule has 18 heavy (non-hydrogen) atoms. The third-order valence-electron chi connectivity index (χ3n) is 2.38. The van der Waals surface area contributed by atoms with Gasteiger partial charge in [0.1, 0.15) is 0 Å². The molecular formula is C15H11O2Pd-. The van der Waals surface area contributed by atoms with Gasteiger partial charge >= 0.3 is 0 Å². The zero-order chi connectivity index (χ0) is 12.1. The Morgan fingerprint density at radius 1 is 0.667 bits per heavy atom. The Bertz CT molecular complexity index is 471. The van der Waals surface area contributed by atoms with Gasteiger partial charge in [0.05, 0.1) is 11.6 Å². The van der Waals surface area contributed by atoms with Crippen LogP contribution in [0.2, 0.25) is 0 Å². The number of rotatable bonds is 4. The molecule has 0 radical (unpaired) electrons. The van der Waals surface area contributed by atoms with Crippen LogP contribution < -0.4 is 0 Å². The topological polar surface area (TPSA) is 34.1 Å². The molecule has 0 bridgehead atoms. The molecule has 0 amide bonds. The molecule has 0 spiro atoms. The second-order valence-corrected chi connectivity index (χ2v) is 3.60. The van der Waals surface area contributed by atoms with E-state index in [4.69, 9.17) is 0 Å². The fourth-order valence-corrected chi connectivity index (χ4v) is 1.49. The zero-order valence-corrected chi connectivity index (χ0v) is 11.0. The molecule has 0 unspecified atom stereocenters. The summed E-state index contributed by atoms with van der Waals surface area (Å²) in [6, 6.07) is 17.5. The van der Waals surface area contributed by atoms with E-state index in [9.17, 15) is 9.59 Å². The standard InChI is InChI=1S/C15H11O2.Pd/c16-14(12-7-3-1-4-8-12)11-15(17)13-9-5-2-6-10-13;/h1-11H;/q-1;. The Morgan fingerprint density at radius 2 is 1.00 bits per heavy atom. The molecule has 2 nitrogen and oxygen atoms in total. The van der Waals surface area contributed by atoms with Gasteiger partial charge in [-0.05, 0) is 0 Å². The van der Waals surface area contributed by atoms with Gasteiger partial charge < -0.3 is 9.59 Å². The summed E-state index contributed by atoms with van der Waals surface area (Å²) in [6.45, 7) is 0. The van der Waals surface area contributed by atoms with Crippen LogP contribution in [-0.4, -0.2) is 11.6 Å². The van der Waals surface area contributed by atoms with E-state index >= 15 is 0 Å². The molecule has 2 aromatic carbocycles. The van der Waals surface area contributed by atoms with Crippen LogP contribution in [0.4, 0.5) is 0 Å². The molecule has 0 aliphatic heterocycles. The maximum atomic E-state index is 11.8. The molecule has 0 saturated heterocycles. The van der Waals surface area contributed by atoms with Crippen molar-refractivity contribution in [3.05, 3.63) is 78.2 Å². The number of hydrogen-bond donors (Lipinski definition) is 0. The molecule has 0 aliphatic carbocycles. The van der Waals surface area contributed by atoms with E-state index in [1.807, 2.05) is 12.1 Å². The van der Waals surface area contributed by atoms with Crippen molar-refractivity contribution in [1.82, 2.24) is 0 Å². The molecule has 0 saturated carbocycles. The maximum Gasteiger partial charge on any atom is 0.0832 e. The van der Waals surface area contributed by atoms with E-state index < -0.39 is 0 Å². The third kappa shape index (κ3) is 3.66. The second-order valence-electron chi connectivity index (χ2n) is 3.60. The van der Waals surface area contributed by atoms with E-state index in [1.165, 1.54) is 0 Å². The first-order valence-electron chi connectivity index (χ1n) is 5.31. The van der Waals surface area contributed by atoms with Crippen molar-refractivity contribution >= 4 is 11.6 Å². The summed E-state index contributed by atoms with van der Waals surface area (Å²) in [6.07, 6.45) is 1.13. The largest absolute Gasteiger partial charge is 0.318 e. The number of hydrogen-bond acceptors (Lipinski definition) is 2. The number of benzene rings is 2. The minimum absolute atomic E-state index is 0. The summed E-state index contributed by atoms with van der Waals surface area (Å²) in [5.41, 5.74) is 1.05. The molecule has 0 aromatic heterocycles. The Hall–Kier alpha value is -1.69. The van der Waals surface area contributed by atoms with Crippen molar-refractivity contribution in [2.75, 3.05) is 0 Å². The molecule has 0 N–H and O–H groups in total. The molecule has 0 aliphatic rings. The number of carbonyl (C=O) groups excluding carboxylic acids is 2. The fraction of sp³-hybridized carbons (Fsp3) is 0. The van der Waals surface area contributed by atoms with Gasteiger partial charge in [0, 0.05) is 20.4 Å². The van der Waals surface area contributed by atoms with E-state index in [-0.39, 0.29) is 32.0 Å². The second kappa shape index (κ2) is 6.91. The quantitative estimate of drug-likeness (QED) is 0.374. The van der Waals surface area contributed by atoms with Crippen LogP contribution in [0.3, 0.4) is 0 Å². The monoisotopic (exact) mass is 329 g/mol. The van der Waals surface area contributed by atoms with Gasteiger partial charge in [-0.25, -0.2) is 0 Å². The predicted molar refractivity (Wildman–Crippen MR) is 65.8 cm³/mol. The molecule has 2 aromatic rings. The summed E-state index contributed by atoms with van der Waals surface area (Å²) in [4.78, 5) is 23.5. The summed E-state index contributed by atoms with van der Waals surface area (Å²) >= 11 is 0. The molecule has 3 heteroatoms. The Balaban J connectivity index is 0.00000162. The number of ketones is 2. The van der Waals surface area contributed by atoms with Crippen molar-refractivity contribution in [3.63, 3.8) is 0 Å². The Morgan fingerprint density at radius 3 is 1.33 bits per heavy atom. The predicted octanol–water partition coefficient (Wildman–Crippen LogP) is 2.95. The van der Waals surface area contributed by atoms with Gasteiger partial charge in [-0.1, -0.05) is 53.9 Å². The number of Topliss-reactive ketones (excluding diaryl/α,β-unsaturated/α-hetero) is 2. The first-order chi connectivity index (χ1) is 8.27. The molecular weight excluding hydrogens is 319 g/mol. The van der Waals surface area contributed by atoms with E-state index in [2.05, 4.69) is 0 Å². The van der Waals surface area contributed by atoms with Gasteiger partial charge in [-0.15, -0.1) is 24.3 Å². The van der Waals surface area contributed by atoms with Crippen LogP contribution in [0, 0.1) is 6.42 Å². The smallest absolute Gasteiger partial charge is 0.0832 e. The zero-order valence-electron chi connectivity index (χ0n) is 9.48. The Labute approximate surface area is 120 Å². The van der Waals surface area contributed by atoms with E-state index in [0.717, 1.165) is 6.42 Å². The molecule has 0 fully saturated rings. The van der Waals surface area contributed by atoms with Crippen molar-refractivity contribution in [2.24, 2.45) is 0 Å². The molecule has 0 heterocycles. The van der Waals surface area contributed by atoms with Crippen LogP contribution in [0.15, 0.2) is 60.7 Å². The summed E-state index contributed by atoms with van der Waals surface area (Å²) in [5.74, 6) is -0.529. The van der Waals surface area contributed by atoms with Crippen LogP contribution >= 0.6 is 0 Å². The van der Waals surface area contributed by atoms with E-state index in [1.54, 1.807) is 48.5 Å².